The number of anilines is 1. The van der Waals surface area contributed by atoms with Gasteiger partial charge in [-0.1, -0.05) is 26.0 Å². The Morgan fingerprint density at radius 2 is 1.69 bits per heavy atom. The topological polar surface area (TPSA) is 137 Å². The van der Waals surface area contributed by atoms with E-state index in [1.54, 1.807) is 7.05 Å². The summed E-state index contributed by atoms with van der Waals surface area (Å²) in [7, 11) is 3.58. The van der Waals surface area contributed by atoms with Crippen LogP contribution in [0.15, 0.2) is 24.3 Å². The Hall–Kier alpha value is -2.65. The molecule has 1 aromatic rings. The monoisotopic (exact) mass is 406 g/mol. The SMILES string of the molecule is CNCc1ccc(NC(=O)[C@H](CCCNC(N)=O)NC(=O)[C@@H](NC)C(C)C)cc1. The maximum atomic E-state index is 12.8. The zero-order valence-corrected chi connectivity index (χ0v) is 17.7. The Bertz CT molecular complexity index is 663. The number of rotatable bonds is 12. The van der Waals surface area contributed by atoms with Crippen molar-refractivity contribution in [3.63, 3.8) is 0 Å². The van der Waals surface area contributed by atoms with Gasteiger partial charge < -0.3 is 32.3 Å². The first-order valence-corrected chi connectivity index (χ1v) is 9.83. The number of amides is 4. The number of urea groups is 1. The highest BCUT2D eigenvalue weighted by molar-refractivity contribution is 5.97. The van der Waals surface area contributed by atoms with Gasteiger partial charge in [0.2, 0.25) is 11.8 Å². The van der Waals surface area contributed by atoms with Crippen molar-refractivity contribution in [3.05, 3.63) is 29.8 Å². The molecule has 7 N–H and O–H groups in total. The van der Waals surface area contributed by atoms with Crippen LogP contribution >= 0.6 is 0 Å². The van der Waals surface area contributed by atoms with Gasteiger partial charge in [-0.05, 0) is 50.6 Å². The Kier molecular flexibility index (Phi) is 10.7. The molecule has 0 aromatic heterocycles. The number of nitrogens with one attached hydrogen (secondary N) is 5. The maximum Gasteiger partial charge on any atom is 0.312 e. The molecule has 0 heterocycles. The van der Waals surface area contributed by atoms with Gasteiger partial charge in [0.05, 0.1) is 6.04 Å². The van der Waals surface area contributed by atoms with E-state index in [1.165, 1.54) is 0 Å². The zero-order valence-electron chi connectivity index (χ0n) is 17.7. The Morgan fingerprint density at radius 1 is 1.03 bits per heavy atom. The van der Waals surface area contributed by atoms with Crippen LogP contribution in [0, 0.1) is 5.92 Å². The highest BCUT2D eigenvalue weighted by atomic mass is 16.2. The van der Waals surface area contributed by atoms with E-state index in [2.05, 4.69) is 26.6 Å². The maximum absolute atomic E-state index is 12.8. The van der Waals surface area contributed by atoms with Gasteiger partial charge in [0.15, 0.2) is 0 Å². The predicted molar refractivity (Wildman–Crippen MR) is 114 cm³/mol. The summed E-state index contributed by atoms with van der Waals surface area (Å²) in [6.07, 6.45) is 0.860. The van der Waals surface area contributed by atoms with E-state index in [1.807, 2.05) is 45.2 Å². The molecule has 0 fully saturated rings. The van der Waals surface area contributed by atoms with Crippen LogP contribution in [0.4, 0.5) is 10.5 Å². The van der Waals surface area contributed by atoms with Crippen molar-refractivity contribution >= 4 is 23.5 Å². The fourth-order valence-corrected chi connectivity index (χ4v) is 2.95. The lowest BCUT2D eigenvalue weighted by molar-refractivity contribution is -0.128. The summed E-state index contributed by atoms with van der Waals surface area (Å²) >= 11 is 0. The van der Waals surface area contributed by atoms with E-state index in [9.17, 15) is 14.4 Å². The van der Waals surface area contributed by atoms with Crippen molar-refractivity contribution < 1.29 is 14.4 Å². The van der Waals surface area contributed by atoms with Crippen LogP contribution < -0.4 is 32.3 Å². The summed E-state index contributed by atoms with van der Waals surface area (Å²) in [6, 6.07) is 5.73. The van der Waals surface area contributed by atoms with Gasteiger partial charge in [-0.25, -0.2) is 4.79 Å². The third kappa shape index (κ3) is 8.93. The highest BCUT2D eigenvalue weighted by Gasteiger charge is 2.26. The van der Waals surface area contributed by atoms with E-state index in [4.69, 9.17) is 5.73 Å². The molecular formula is C20H34N6O3. The average molecular weight is 407 g/mol. The molecule has 0 saturated heterocycles. The molecule has 0 bridgehead atoms. The normalized spacial score (nSPS) is 12.9. The van der Waals surface area contributed by atoms with Crippen LogP contribution in [0.25, 0.3) is 0 Å². The number of hydrogen-bond acceptors (Lipinski definition) is 5. The molecular weight excluding hydrogens is 372 g/mol. The van der Waals surface area contributed by atoms with Crippen molar-refractivity contribution in [1.82, 2.24) is 21.3 Å². The standard InChI is InChI=1S/C20H34N6O3/c1-13(2)17(23-4)19(28)26-16(6-5-11-24-20(21)29)18(27)25-15-9-7-14(8-10-15)12-22-3/h7-10,13,16-17,22-23H,5-6,11-12H2,1-4H3,(H,25,27)(H,26,28)(H3,21,24,29)/t16-,17-/m0/s1. The number of primary amides is 1. The van der Waals surface area contributed by atoms with E-state index >= 15 is 0 Å². The largest absolute Gasteiger partial charge is 0.352 e. The summed E-state index contributed by atoms with van der Waals surface area (Å²) in [5.41, 5.74) is 6.82. The van der Waals surface area contributed by atoms with Crippen molar-refractivity contribution in [3.8, 4) is 0 Å². The molecule has 4 amide bonds. The number of likely N-dealkylation sites (N-methyl/N-ethyl adjacent to an activating group) is 1. The number of carbonyl (C=O) groups excluding carboxylic acids is 3. The third-order valence-electron chi connectivity index (χ3n) is 4.46. The summed E-state index contributed by atoms with van der Waals surface area (Å²) < 4.78 is 0. The molecule has 1 aromatic carbocycles. The summed E-state index contributed by atoms with van der Waals surface area (Å²) in [6.45, 7) is 4.92. The minimum absolute atomic E-state index is 0.0694. The molecule has 2 atom stereocenters. The van der Waals surface area contributed by atoms with Crippen LogP contribution in [-0.2, 0) is 16.1 Å². The van der Waals surface area contributed by atoms with Gasteiger partial charge >= 0.3 is 6.03 Å². The molecule has 9 heteroatoms. The summed E-state index contributed by atoms with van der Waals surface area (Å²) in [5.74, 6) is -0.479. The van der Waals surface area contributed by atoms with Crippen molar-refractivity contribution in [2.75, 3.05) is 26.0 Å². The molecule has 0 unspecified atom stereocenters. The molecule has 0 saturated carbocycles. The van der Waals surface area contributed by atoms with Gasteiger partial charge in [0.1, 0.15) is 6.04 Å². The first-order valence-electron chi connectivity index (χ1n) is 9.83. The van der Waals surface area contributed by atoms with Crippen LogP contribution in [0.2, 0.25) is 0 Å². The Morgan fingerprint density at radius 3 is 2.21 bits per heavy atom. The third-order valence-corrected chi connectivity index (χ3v) is 4.46. The fourth-order valence-electron chi connectivity index (χ4n) is 2.95. The van der Waals surface area contributed by atoms with E-state index < -0.39 is 18.1 Å². The van der Waals surface area contributed by atoms with Crippen molar-refractivity contribution in [2.24, 2.45) is 11.7 Å². The number of nitrogens with two attached hydrogens (primary N) is 1. The van der Waals surface area contributed by atoms with Gasteiger partial charge in [0, 0.05) is 18.8 Å². The van der Waals surface area contributed by atoms with E-state index in [-0.39, 0.29) is 17.7 Å². The lowest BCUT2D eigenvalue weighted by atomic mass is 10.0. The molecule has 162 valence electrons. The van der Waals surface area contributed by atoms with Crippen LogP contribution in [0.5, 0.6) is 0 Å². The Labute approximate surface area is 172 Å². The van der Waals surface area contributed by atoms with Crippen LogP contribution in [0.3, 0.4) is 0 Å². The lowest BCUT2D eigenvalue weighted by Crippen LogP contribution is -2.52. The number of benzene rings is 1. The summed E-state index contributed by atoms with van der Waals surface area (Å²) in [5, 5.41) is 14.2. The second kappa shape index (κ2) is 12.7. The molecule has 9 nitrogen and oxygen atoms in total. The first-order chi connectivity index (χ1) is 13.8. The number of hydrogen-bond donors (Lipinski definition) is 6. The van der Waals surface area contributed by atoms with Crippen LogP contribution in [-0.4, -0.2) is 50.6 Å². The quantitative estimate of drug-likeness (QED) is 0.281. The van der Waals surface area contributed by atoms with E-state index in [0.29, 0.717) is 25.1 Å². The molecule has 0 spiro atoms. The molecule has 29 heavy (non-hydrogen) atoms. The molecule has 0 aliphatic rings. The predicted octanol–water partition coefficient (Wildman–Crippen LogP) is 0.522. The molecule has 0 radical (unpaired) electrons. The van der Waals surface area contributed by atoms with Crippen LogP contribution in [0.1, 0.15) is 32.3 Å². The smallest absolute Gasteiger partial charge is 0.312 e. The van der Waals surface area contributed by atoms with E-state index in [0.717, 1.165) is 12.1 Å². The second-order valence-electron chi connectivity index (χ2n) is 7.22. The molecule has 0 aliphatic carbocycles. The minimum atomic E-state index is -0.733. The van der Waals surface area contributed by atoms with Gasteiger partial charge in [-0.2, -0.15) is 0 Å². The lowest BCUT2D eigenvalue weighted by Gasteiger charge is -2.24. The van der Waals surface area contributed by atoms with Gasteiger partial charge in [0.25, 0.3) is 0 Å². The fraction of sp³-hybridized carbons (Fsp3) is 0.550. The molecule has 0 aliphatic heterocycles. The van der Waals surface area contributed by atoms with Gasteiger partial charge in [-0.15, -0.1) is 0 Å². The van der Waals surface area contributed by atoms with Crippen molar-refractivity contribution in [1.29, 1.82) is 0 Å². The summed E-state index contributed by atoms with van der Waals surface area (Å²) in [4.78, 5) is 36.2. The minimum Gasteiger partial charge on any atom is -0.352 e. The number of carbonyl (C=O) groups is 3. The zero-order chi connectivity index (χ0) is 21.8. The van der Waals surface area contributed by atoms with Crippen molar-refractivity contribution in [2.45, 2.75) is 45.3 Å². The molecule has 1 rings (SSSR count). The highest BCUT2D eigenvalue weighted by Crippen LogP contribution is 2.11. The second-order valence-corrected chi connectivity index (χ2v) is 7.22. The Balaban J connectivity index is 2.80. The van der Waals surface area contributed by atoms with Gasteiger partial charge in [-0.3, -0.25) is 9.59 Å². The average Bonchev–Trinajstić information content (AvgIpc) is 2.66. The first kappa shape index (κ1) is 24.4.